The molecule has 30 heavy (non-hydrogen) atoms. The van der Waals surface area contributed by atoms with Crippen molar-refractivity contribution >= 4 is 65.1 Å². The third-order valence-corrected chi connectivity index (χ3v) is 5.82. The number of nitro groups is 1. The molecule has 3 rings (SSSR count). The zero-order valence-electron chi connectivity index (χ0n) is 15.3. The fourth-order valence-corrected chi connectivity index (χ4v) is 4.39. The number of hydrogen-bond donors (Lipinski definition) is 0. The van der Waals surface area contributed by atoms with Gasteiger partial charge >= 0.3 is 0 Å². The lowest BCUT2D eigenvalue weighted by atomic mass is 10.0. The number of benzene rings is 3. The molecule has 0 saturated heterocycles. The largest absolute Gasteiger partial charge is 0.487 e. The summed E-state index contributed by atoms with van der Waals surface area (Å²) in [4.78, 5) is 10.5. The summed E-state index contributed by atoms with van der Waals surface area (Å²) < 4.78 is 8.38. The summed E-state index contributed by atoms with van der Waals surface area (Å²) in [7, 11) is 0. The highest BCUT2D eigenvalue weighted by Gasteiger charge is 2.12. The highest BCUT2D eigenvalue weighted by molar-refractivity contribution is 9.11. The summed E-state index contributed by atoms with van der Waals surface area (Å²) in [5.74, 6) is 0.643. The Kier molecular flexibility index (Phi) is 7.43. The lowest BCUT2D eigenvalue weighted by Crippen LogP contribution is -1.97. The number of hydrogen-bond acceptors (Lipinski definition) is 4. The Bertz CT molecular complexity index is 1150. The summed E-state index contributed by atoms with van der Waals surface area (Å²) in [5.41, 5.74) is 2.51. The molecule has 8 heteroatoms. The molecule has 150 valence electrons. The van der Waals surface area contributed by atoms with Crippen LogP contribution in [0.3, 0.4) is 0 Å². The molecule has 0 N–H and O–H groups in total. The molecule has 0 heterocycles. The standard InChI is InChI=1S/C22H13Br3N2O3/c23-18-6-4-14(5-7-18)13-30-22-20(24)9-15(10-21(22)25)8-17(12-26)16-2-1-3-19(11-16)27(28)29/h1-11H,13H2/b17-8-. The zero-order chi connectivity index (χ0) is 21.7. The first-order valence-corrected chi connectivity index (χ1v) is 11.0. The first kappa shape index (κ1) is 22.2. The predicted octanol–water partition coefficient (Wildman–Crippen LogP) is 7.53. The van der Waals surface area contributed by atoms with Crippen LogP contribution in [0.5, 0.6) is 5.75 Å². The molecule has 5 nitrogen and oxygen atoms in total. The Morgan fingerprint density at radius 3 is 2.33 bits per heavy atom. The second kappa shape index (κ2) is 10.0. The van der Waals surface area contributed by atoms with Crippen LogP contribution >= 0.6 is 47.8 Å². The van der Waals surface area contributed by atoms with Gasteiger partial charge in [0.25, 0.3) is 5.69 Å². The van der Waals surface area contributed by atoms with E-state index in [2.05, 4.69) is 53.9 Å². The van der Waals surface area contributed by atoms with Gasteiger partial charge in [-0.1, -0.05) is 40.2 Å². The number of ether oxygens (including phenoxy) is 1. The lowest BCUT2D eigenvalue weighted by Gasteiger charge is -2.12. The molecule has 0 saturated carbocycles. The average Bonchev–Trinajstić information content (AvgIpc) is 2.72. The van der Waals surface area contributed by atoms with E-state index in [4.69, 9.17) is 4.74 Å². The van der Waals surface area contributed by atoms with Gasteiger partial charge < -0.3 is 4.74 Å². The fraction of sp³-hybridized carbons (Fsp3) is 0.0455. The number of non-ortho nitro benzene ring substituents is 1. The Labute approximate surface area is 198 Å². The summed E-state index contributed by atoms with van der Waals surface area (Å²) in [5, 5.41) is 20.6. The topological polar surface area (TPSA) is 76.2 Å². The van der Waals surface area contributed by atoms with Gasteiger partial charge in [-0.3, -0.25) is 10.1 Å². The van der Waals surface area contributed by atoms with Crippen molar-refractivity contribution in [2.75, 3.05) is 0 Å². The second-order valence-corrected chi connectivity index (χ2v) is 8.83. The molecule has 0 atom stereocenters. The normalized spacial score (nSPS) is 11.1. The minimum atomic E-state index is -0.483. The molecule has 0 radical (unpaired) electrons. The minimum absolute atomic E-state index is 0.0623. The van der Waals surface area contributed by atoms with Crippen LogP contribution in [0.4, 0.5) is 5.69 Å². The average molecular weight is 593 g/mol. The van der Waals surface area contributed by atoms with Crippen molar-refractivity contribution in [1.29, 1.82) is 5.26 Å². The van der Waals surface area contributed by atoms with Crippen LogP contribution < -0.4 is 4.74 Å². The first-order valence-electron chi connectivity index (χ1n) is 8.60. The van der Waals surface area contributed by atoms with Gasteiger partial charge in [0.05, 0.1) is 25.5 Å². The van der Waals surface area contributed by atoms with Gasteiger partial charge in [0, 0.05) is 16.6 Å². The SMILES string of the molecule is N#C/C(=C/c1cc(Br)c(OCc2ccc(Br)cc2)c(Br)c1)c1cccc([N+](=O)[O-])c1. The van der Waals surface area contributed by atoms with E-state index in [1.807, 2.05) is 36.4 Å². The van der Waals surface area contributed by atoms with E-state index in [0.717, 1.165) is 24.5 Å². The monoisotopic (exact) mass is 590 g/mol. The van der Waals surface area contributed by atoms with Crippen LogP contribution in [0.1, 0.15) is 16.7 Å². The number of nitro benzene ring substituents is 1. The minimum Gasteiger partial charge on any atom is -0.487 e. The quantitative estimate of drug-likeness (QED) is 0.128. The van der Waals surface area contributed by atoms with Crippen molar-refractivity contribution in [1.82, 2.24) is 0 Å². The summed E-state index contributed by atoms with van der Waals surface area (Å²) in [6, 6.07) is 19.6. The molecular formula is C22H13Br3N2O3. The van der Waals surface area contributed by atoms with Crippen molar-refractivity contribution in [3.63, 3.8) is 0 Å². The van der Waals surface area contributed by atoms with E-state index in [9.17, 15) is 15.4 Å². The van der Waals surface area contributed by atoms with E-state index in [0.29, 0.717) is 23.5 Å². The van der Waals surface area contributed by atoms with Gasteiger partial charge in [-0.25, -0.2) is 0 Å². The molecule has 0 unspecified atom stereocenters. The molecular weight excluding hydrogens is 580 g/mol. The van der Waals surface area contributed by atoms with E-state index in [1.54, 1.807) is 18.2 Å². The van der Waals surface area contributed by atoms with Gasteiger partial charge in [-0.2, -0.15) is 5.26 Å². The van der Waals surface area contributed by atoms with Crippen LogP contribution in [0, 0.1) is 21.4 Å². The number of halogens is 3. The Morgan fingerprint density at radius 1 is 1.07 bits per heavy atom. The fourth-order valence-electron chi connectivity index (χ4n) is 2.67. The van der Waals surface area contributed by atoms with Gasteiger partial charge in [0.2, 0.25) is 0 Å². The van der Waals surface area contributed by atoms with Gasteiger partial charge in [-0.15, -0.1) is 0 Å². The van der Waals surface area contributed by atoms with E-state index < -0.39 is 4.92 Å². The zero-order valence-corrected chi connectivity index (χ0v) is 20.1. The Hall–Kier alpha value is -2.47. The second-order valence-electron chi connectivity index (χ2n) is 6.21. The molecule has 0 aliphatic rings. The number of rotatable bonds is 6. The maximum atomic E-state index is 11.0. The van der Waals surface area contributed by atoms with Crippen molar-refractivity contribution in [2.24, 2.45) is 0 Å². The molecule has 3 aromatic rings. The molecule has 0 amide bonds. The molecule has 0 bridgehead atoms. The van der Waals surface area contributed by atoms with Crippen molar-refractivity contribution < 1.29 is 9.66 Å². The summed E-state index contributed by atoms with van der Waals surface area (Å²) in [6.45, 7) is 0.400. The molecule has 0 fully saturated rings. The number of nitrogens with zero attached hydrogens (tertiary/aromatic N) is 2. The van der Waals surface area contributed by atoms with Crippen LogP contribution in [-0.2, 0) is 6.61 Å². The number of nitriles is 1. The third kappa shape index (κ3) is 5.57. The Morgan fingerprint density at radius 2 is 1.73 bits per heavy atom. The van der Waals surface area contributed by atoms with Crippen molar-refractivity contribution in [3.05, 3.63) is 101 Å². The van der Waals surface area contributed by atoms with Crippen LogP contribution in [0.15, 0.2) is 74.1 Å². The van der Waals surface area contributed by atoms with Gasteiger partial charge in [0.1, 0.15) is 12.4 Å². The van der Waals surface area contributed by atoms with Crippen LogP contribution in [0.2, 0.25) is 0 Å². The highest BCUT2D eigenvalue weighted by Crippen LogP contribution is 2.36. The third-order valence-electron chi connectivity index (χ3n) is 4.12. The maximum absolute atomic E-state index is 11.0. The molecule has 0 aromatic heterocycles. The first-order chi connectivity index (χ1) is 14.4. The Balaban J connectivity index is 1.86. The molecule has 0 aliphatic heterocycles. The van der Waals surface area contributed by atoms with Gasteiger partial charge in [-0.05, 0) is 78.9 Å². The van der Waals surface area contributed by atoms with E-state index in [-0.39, 0.29) is 5.69 Å². The van der Waals surface area contributed by atoms with Crippen molar-refractivity contribution in [2.45, 2.75) is 6.61 Å². The predicted molar refractivity (Wildman–Crippen MR) is 127 cm³/mol. The number of allylic oxidation sites excluding steroid dienone is 1. The lowest BCUT2D eigenvalue weighted by molar-refractivity contribution is -0.384. The summed E-state index contributed by atoms with van der Waals surface area (Å²) >= 11 is 10.4. The van der Waals surface area contributed by atoms with E-state index in [1.165, 1.54) is 12.1 Å². The van der Waals surface area contributed by atoms with E-state index >= 15 is 0 Å². The summed E-state index contributed by atoms with van der Waals surface area (Å²) in [6.07, 6.45) is 1.67. The molecule has 0 aliphatic carbocycles. The van der Waals surface area contributed by atoms with Crippen LogP contribution in [0.25, 0.3) is 11.6 Å². The molecule has 0 spiro atoms. The smallest absolute Gasteiger partial charge is 0.270 e. The highest BCUT2D eigenvalue weighted by atomic mass is 79.9. The van der Waals surface area contributed by atoms with Crippen LogP contribution in [-0.4, -0.2) is 4.92 Å². The molecule has 3 aromatic carbocycles. The maximum Gasteiger partial charge on any atom is 0.270 e. The van der Waals surface area contributed by atoms with Gasteiger partial charge in [0.15, 0.2) is 0 Å². The van der Waals surface area contributed by atoms with Crippen molar-refractivity contribution in [3.8, 4) is 11.8 Å².